The van der Waals surface area contributed by atoms with Crippen molar-refractivity contribution in [2.24, 2.45) is 7.05 Å². The first kappa shape index (κ1) is 24.1. The van der Waals surface area contributed by atoms with Crippen molar-refractivity contribution in [3.8, 4) is 11.3 Å². The van der Waals surface area contributed by atoms with E-state index in [0.29, 0.717) is 35.4 Å². The Morgan fingerprint density at radius 2 is 2.08 bits per heavy atom. The average molecular weight is 513 g/mol. The van der Waals surface area contributed by atoms with E-state index in [4.69, 9.17) is 16.3 Å². The molecule has 186 valence electrons. The second kappa shape index (κ2) is 10.2. The van der Waals surface area contributed by atoms with Gasteiger partial charge in [-0.25, -0.2) is 18.7 Å². The Labute approximate surface area is 210 Å². The highest BCUT2D eigenvalue weighted by atomic mass is 35.5. The minimum Gasteiger partial charge on any atom is -0.378 e. The number of pyridine rings is 1. The van der Waals surface area contributed by atoms with E-state index in [-0.39, 0.29) is 23.1 Å². The van der Waals surface area contributed by atoms with Gasteiger partial charge < -0.3 is 14.6 Å². The zero-order chi connectivity index (χ0) is 25.2. The SMILES string of the molecule is Cn1cc(C(c2ccc(Cl)c(F)c2)n2ccc(-c3ccnc(NC4CCOCC4F)n3)cc2=O)cn1. The smallest absolute Gasteiger partial charge is 0.252 e. The predicted molar refractivity (Wildman–Crippen MR) is 131 cm³/mol. The minimum atomic E-state index is -1.16. The van der Waals surface area contributed by atoms with Crippen molar-refractivity contribution in [3.05, 3.63) is 93.5 Å². The number of alkyl halides is 1. The maximum Gasteiger partial charge on any atom is 0.252 e. The fourth-order valence-corrected chi connectivity index (χ4v) is 4.38. The summed E-state index contributed by atoms with van der Waals surface area (Å²) in [5.41, 5.74) is 2.01. The van der Waals surface area contributed by atoms with Crippen LogP contribution in [0, 0.1) is 5.82 Å². The first-order valence-corrected chi connectivity index (χ1v) is 11.7. The molecule has 11 heteroatoms. The summed E-state index contributed by atoms with van der Waals surface area (Å²) in [5, 5.41) is 7.23. The molecule has 0 spiro atoms. The van der Waals surface area contributed by atoms with E-state index in [1.807, 2.05) is 0 Å². The lowest BCUT2D eigenvalue weighted by Crippen LogP contribution is -2.39. The number of ether oxygens (including phenoxy) is 1. The van der Waals surface area contributed by atoms with Crippen LogP contribution in [0.1, 0.15) is 23.6 Å². The van der Waals surface area contributed by atoms with Gasteiger partial charge in [0.15, 0.2) is 0 Å². The highest BCUT2D eigenvalue weighted by Crippen LogP contribution is 2.29. The summed E-state index contributed by atoms with van der Waals surface area (Å²) in [7, 11) is 1.76. The van der Waals surface area contributed by atoms with E-state index in [2.05, 4.69) is 20.4 Å². The van der Waals surface area contributed by atoms with Crippen molar-refractivity contribution in [3.63, 3.8) is 0 Å². The number of halogens is 3. The molecule has 3 unspecified atom stereocenters. The zero-order valence-corrected chi connectivity index (χ0v) is 20.1. The third-order valence-corrected chi connectivity index (χ3v) is 6.39. The van der Waals surface area contributed by atoms with E-state index in [9.17, 15) is 13.6 Å². The zero-order valence-electron chi connectivity index (χ0n) is 19.3. The molecule has 4 heterocycles. The van der Waals surface area contributed by atoms with Gasteiger partial charge in [-0.15, -0.1) is 0 Å². The van der Waals surface area contributed by atoms with E-state index >= 15 is 0 Å². The topological polar surface area (TPSA) is 86.9 Å². The van der Waals surface area contributed by atoms with E-state index in [1.54, 1.807) is 54.7 Å². The number of benzene rings is 1. The van der Waals surface area contributed by atoms with E-state index < -0.39 is 24.1 Å². The Morgan fingerprint density at radius 1 is 1.22 bits per heavy atom. The van der Waals surface area contributed by atoms with Gasteiger partial charge in [-0.3, -0.25) is 9.48 Å². The third-order valence-electron chi connectivity index (χ3n) is 6.08. The molecule has 1 aromatic carbocycles. The van der Waals surface area contributed by atoms with Crippen molar-refractivity contribution >= 4 is 17.5 Å². The van der Waals surface area contributed by atoms with Crippen LogP contribution in [0.25, 0.3) is 11.3 Å². The summed E-state index contributed by atoms with van der Waals surface area (Å²) in [6.07, 6.45) is 5.94. The fraction of sp³-hybridized carbons (Fsp3) is 0.280. The fourth-order valence-electron chi connectivity index (χ4n) is 4.26. The van der Waals surface area contributed by atoms with Crippen molar-refractivity contribution in [2.75, 3.05) is 18.5 Å². The molecule has 3 aromatic heterocycles. The summed E-state index contributed by atoms with van der Waals surface area (Å²) in [5.74, 6) is -0.301. The minimum absolute atomic E-state index is 0.000564. The van der Waals surface area contributed by atoms with Crippen LogP contribution in [0.4, 0.5) is 14.7 Å². The summed E-state index contributed by atoms with van der Waals surface area (Å²) in [6.45, 7) is 0.497. The molecule has 0 radical (unpaired) electrons. The summed E-state index contributed by atoms with van der Waals surface area (Å²) in [6, 6.07) is 8.27. The Morgan fingerprint density at radius 3 is 2.81 bits per heavy atom. The molecule has 36 heavy (non-hydrogen) atoms. The second-order valence-corrected chi connectivity index (χ2v) is 8.99. The molecule has 4 aromatic rings. The molecule has 0 amide bonds. The van der Waals surface area contributed by atoms with Crippen LogP contribution in [-0.2, 0) is 11.8 Å². The van der Waals surface area contributed by atoms with Gasteiger partial charge >= 0.3 is 0 Å². The number of anilines is 1. The molecule has 1 N–H and O–H groups in total. The Kier molecular flexibility index (Phi) is 6.80. The number of hydrogen-bond donors (Lipinski definition) is 1. The maximum atomic E-state index is 14.3. The standard InChI is InChI=1S/C25H23ClF2N6O2/c1-33-13-17(12-30-33)24(16-2-3-18(26)19(27)10-16)34-8-5-15(11-23(34)35)21-4-7-29-25(31-21)32-22-6-9-36-14-20(22)28/h2-5,7-8,10-13,20,22,24H,6,9,14H2,1H3,(H,29,31,32). The summed E-state index contributed by atoms with van der Waals surface area (Å²) >= 11 is 5.88. The van der Waals surface area contributed by atoms with Crippen LogP contribution in [0.3, 0.4) is 0 Å². The molecular formula is C25H23ClF2N6O2. The number of aryl methyl sites for hydroxylation is 1. The lowest BCUT2D eigenvalue weighted by molar-refractivity contribution is 0.0284. The van der Waals surface area contributed by atoms with Gasteiger partial charge in [-0.05, 0) is 36.2 Å². The van der Waals surface area contributed by atoms with Gasteiger partial charge in [0.25, 0.3) is 5.56 Å². The van der Waals surface area contributed by atoms with E-state index in [1.165, 1.54) is 22.8 Å². The van der Waals surface area contributed by atoms with Crippen LogP contribution in [0.15, 0.2) is 66.0 Å². The van der Waals surface area contributed by atoms with Crippen molar-refractivity contribution in [2.45, 2.75) is 24.7 Å². The van der Waals surface area contributed by atoms with Crippen LogP contribution in [0.2, 0.25) is 5.02 Å². The van der Waals surface area contributed by atoms with Crippen LogP contribution < -0.4 is 10.9 Å². The molecule has 1 fully saturated rings. The molecule has 5 rings (SSSR count). The van der Waals surface area contributed by atoms with Crippen molar-refractivity contribution in [1.29, 1.82) is 0 Å². The van der Waals surface area contributed by atoms with Crippen LogP contribution in [-0.4, -0.2) is 49.7 Å². The number of rotatable bonds is 6. The molecule has 1 saturated heterocycles. The van der Waals surface area contributed by atoms with Gasteiger partial charge in [-0.1, -0.05) is 17.7 Å². The van der Waals surface area contributed by atoms with E-state index in [0.717, 1.165) is 0 Å². The van der Waals surface area contributed by atoms with Crippen LogP contribution in [0.5, 0.6) is 0 Å². The largest absolute Gasteiger partial charge is 0.378 e. The number of nitrogens with zero attached hydrogens (tertiary/aromatic N) is 5. The second-order valence-electron chi connectivity index (χ2n) is 8.58. The first-order chi connectivity index (χ1) is 17.4. The van der Waals surface area contributed by atoms with Gasteiger partial charge in [-0.2, -0.15) is 5.10 Å². The van der Waals surface area contributed by atoms with Gasteiger partial charge in [0.2, 0.25) is 5.95 Å². The number of nitrogens with one attached hydrogen (secondary N) is 1. The molecule has 1 aliphatic heterocycles. The number of aromatic nitrogens is 5. The van der Waals surface area contributed by atoms with Crippen molar-refractivity contribution < 1.29 is 13.5 Å². The monoisotopic (exact) mass is 512 g/mol. The normalized spacial score (nSPS) is 18.7. The van der Waals surface area contributed by atoms with Gasteiger partial charge in [0, 0.05) is 49.4 Å². The number of hydrogen-bond acceptors (Lipinski definition) is 6. The average Bonchev–Trinajstić information content (AvgIpc) is 3.30. The van der Waals surface area contributed by atoms with Gasteiger partial charge in [0.1, 0.15) is 12.0 Å². The molecule has 1 aliphatic rings. The van der Waals surface area contributed by atoms with Gasteiger partial charge in [0.05, 0.1) is 35.6 Å². The Hall–Kier alpha value is -3.63. The molecule has 0 saturated carbocycles. The molecular weight excluding hydrogens is 490 g/mol. The predicted octanol–water partition coefficient (Wildman–Crippen LogP) is 4.01. The molecule has 0 aliphatic carbocycles. The molecule has 8 nitrogen and oxygen atoms in total. The Balaban J connectivity index is 1.48. The Bertz CT molecular complexity index is 1440. The highest BCUT2D eigenvalue weighted by Gasteiger charge is 2.26. The lowest BCUT2D eigenvalue weighted by atomic mass is 10.0. The molecule has 0 bridgehead atoms. The summed E-state index contributed by atoms with van der Waals surface area (Å²) in [4.78, 5) is 22.0. The van der Waals surface area contributed by atoms with Crippen LogP contribution >= 0.6 is 11.6 Å². The molecule has 3 atom stereocenters. The first-order valence-electron chi connectivity index (χ1n) is 11.4. The maximum absolute atomic E-state index is 14.3. The lowest BCUT2D eigenvalue weighted by Gasteiger charge is -2.26. The summed E-state index contributed by atoms with van der Waals surface area (Å²) < 4.78 is 36.7. The third kappa shape index (κ3) is 5.00. The van der Waals surface area contributed by atoms with Crippen molar-refractivity contribution in [1.82, 2.24) is 24.3 Å². The quantitative estimate of drug-likeness (QED) is 0.420. The highest BCUT2D eigenvalue weighted by molar-refractivity contribution is 6.30.